The summed E-state index contributed by atoms with van der Waals surface area (Å²) in [5.41, 5.74) is 4.54. The van der Waals surface area contributed by atoms with Crippen LogP contribution in [0.2, 0.25) is 0 Å². The Kier molecular flexibility index (Phi) is 6.37. The Morgan fingerprint density at radius 2 is 1.90 bits per heavy atom. The van der Waals surface area contributed by atoms with Crippen LogP contribution < -0.4 is 10.6 Å². The third-order valence-corrected chi connectivity index (χ3v) is 8.09. The van der Waals surface area contributed by atoms with E-state index in [0.29, 0.717) is 57.3 Å². The third kappa shape index (κ3) is 5.06. The van der Waals surface area contributed by atoms with Gasteiger partial charge in [-0.05, 0) is 62.1 Å². The van der Waals surface area contributed by atoms with Crippen LogP contribution in [0.1, 0.15) is 80.6 Å². The molecule has 1 atom stereocenters. The first-order valence-corrected chi connectivity index (χ1v) is 13.9. The van der Waals surface area contributed by atoms with Gasteiger partial charge in [0.15, 0.2) is 0 Å². The first kappa shape index (κ1) is 26.6. The second kappa shape index (κ2) is 9.81. The molecule has 0 spiro atoms. The molecule has 1 unspecified atom stereocenters. The predicted octanol–water partition coefficient (Wildman–Crippen LogP) is 5.97. The molecule has 10 heteroatoms. The molecule has 2 saturated carbocycles. The van der Waals surface area contributed by atoms with Gasteiger partial charge in [-0.2, -0.15) is 14.9 Å². The van der Waals surface area contributed by atoms with Crippen LogP contribution in [0.4, 0.5) is 15.8 Å². The molecule has 4 aromatic rings. The number of rotatable bonds is 8. The van der Waals surface area contributed by atoms with Crippen LogP contribution in [0.3, 0.4) is 0 Å². The highest BCUT2D eigenvalue weighted by Gasteiger charge is 2.56. The Balaban J connectivity index is 1.45. The van der Waals surface area contributed by atoms with Crippen LogP contribution in [-0.2, 0) is 5.54 Å². The van der Waals surface area contributed by atoms with Crippen molar-refractivity contribution >= 4 is 22.3 Å². The van der Waals surface area contributed by atoms with Gasteiger partial charge < -0.3 is 10.6 Å². The van der Waals surface area contributed by atoms with E-state index in [1.807, 2.05) is 16.9 Å². The summed E-state index contributed by atoms with van der Waals surface area (Å²) in [6.45, 7) is 8.71. The third-order valence-electron chi connectivity index (χ3n) is 8.09. The first-order valence-electron chi connectivity index (χ1n) is 13.9. The largest absolute Gasteiger partial charge is 0.383 e. The molecule has 0 saturated heterocycles. The number of fused-ring (bicyclic) bond motifs is 1. The van der Waals surface area contributed by atoms with Crippen LogP contribution in [0.25, 0.3) is 10.9 Å². The minimum Gasteiger partial charge on any atom is -0.383 e. The fraction of sp³-hybridized carbons (Fsp3) is 0.419. The van der Waals surface area contributed by atoms with Gasteiger partial charge in [0.1, 0.15) is 17.8 Å². The van der Waals surface area contributed by atoms with E-state index in [1.165, 1.54) is 25.1 Å². The molecular formula is C31H32FN9. The highest BCUT2D eigenvalue weighted by Crippen LogP contribution is 2.59. The van der Waals surface area contributed by atoms with Crippen molar-refractivity contribution in [2.24, 2.45) is 11.3 Å². The lowest BCUT2D eigenvalue weighted by atomic mass is 9.96. The molecule has 2 N–H and O–H groups in total. The number of aryl methyl sites for hydroxylation is 1. The van der Waals surface area contributed by atoms with E-state index in [-0.39, 0.29) is 11.0 Å². The Hall–Kier alpha value is -4.57. The molecule has 0 amide bonds. The van der Waals surface area contributed by atoms with Gasteiger partial charge in [0, 0.05) is 35.1 Å². The van der Waals surface area contributed by atoms with Crippen molar-refractivity contribution in [3.05, 3.63) is 70.7 Å². The Morgan fingerprint density at radius 3 is 2.54 bits per heavy atom. The first-order chi connectivity index (χ1) is 19.6. The van der Waals surface area contributed by atoms with Crippen molar-refractivity contribution in [1.82, 2.24) is 25.0 Å². The minimum absolute atomic E-state index is 0.0420. The molecule has 0 radical (unpaired) electrons. The number of hydrogen-bond acceptors (Lipinski definition) is 8. The maximum absolute atomic E-state index is 14.0. The number of benzene rings is 1. The lowest BCUT2D eigenvalue weighted by Crippen LogP contribution is -2.20. The molecule has 2 aliphatic carbocycles. The van der Waals surface area contributed by atoms with Crippen LogP contribution in [0, 0.1) is 46.9 Å². The average molecular weight is 550 g/mol. The maximum atomic E-state index is 14.0. The Morgan fingerprint density at radius 1 is 1.15 bits per heavy atom. The molecule has 0 bridgehead atoms. The van der Waals surface area contributed by atoms with Crippen molar-refractivity contribution in [1.29, 1.82) is 10.5 Å². The minimum atomic E-state index is -0.554. The zero-order valence-corrected chi connectivity index (χ0v) is 23.7. The van der Waals surface area contributed by atoms with Crippen molar-refractivity contribution in [3.63, 3.8) is 0 Å². The van der Waals surface area contributed by atoms with Crippen molar-refractivity contribution in [2.75, 3.05) is 17.2 Å². The summed E-state index contributed by atoms with van der Waals surface area (Å²) >= 11 is 0. The van der Waals surface area contributed by atoms with Crippen LogP contribution in [0.5, 0.6) is 0 Å². The number of nitrogens with one attached hydrogen (secondary N) is 2. The average Bonchev–Trinajstić information content (AvgIpc) is 3.87. The highest BCUT2D eigenvalue weighted by molar-refractivity contribution is 5.99. The molecule has 0 aliphatic heterocycles. The molecule has 208 valence electrons. The molecule has 41 heavy (non-hydrogen) atoms. The maximum Gasteiger partial charge on any atom is 0.213 e. The van der Waals surface area contributed by atoms with Crippen molar-refractivity contribution in [2.45, 2.75) is 65.0 Å². The number of hydrogen-bond donors (Lipinski definition) is 2. The number of nitrogens with zero attached hydrogens (tertiary/aromatic N) is 7. The molecular weight excluding hydrogens is 517 g/mol. The van der Waals surface area contributed by atoms with Gasteiger partial charge in [0.2, 0.25) is 5.95 Å². The Labute approximate surface area is 238 Å². The van der Waals surface area contributed by atoms with Gasteiger partial charge >= 0.3 is 0 Å². The summed E-state index contributed by atoms with van der Waals surface area (Å²) < 4.78 is 16.0. The van der Waals surface area contributed by atoms with Crippen molar-refractivity contribution < 1.29 is 4.39 Å². The normalized spacial score (nSPS) is 16.6. The summed E-state index contributed by atoms with van der Waals surface area (Å²) in [5.74, 6) is 0.0960. The molecule has 2 aliphatic rings. The monoisotopic (exact) mass is 549 g/mol. The van der Waals surface area contributed by atoms with Gasteiger partial charge in [-0.15, -0.1) is 5.10 Å². The van der Waals surface area contributed by atoms with Gasteiger partial charge in [-0.3, -0.25) is 4.98 Å². The van der Waals surface area contributed by atoms with Gasteiger partial charge in [0.25, 0.3) is 0 Å². The fourth-order valence-electron chi connectivity index (χ4n) is 5.62. The van der Waals surface area contributed by atoms with E-state index >= 15 is 0 Å². The van der Waals surface area contributed by atoms with Gasteiger partial charge in [-0.1, -0.05) is 32.1 Å². The van der Waals surface area contributed by atoms with Crippen LogP contribution in [-0.4, -0.2) is 31.5 Å². The molecule has 6 rings (SSSR count). The second-order valence-corrected chi connectivity index (χ2v) is 12.5. The molecule has 3 aromatic heterocycles. The summed E-state index contributed by atoms with van der Waals surface area (Å²) in [6.07, 6.45) is 8.13. The van der Waals surface area contributed by atoms with Crippen LogP contribution in [0.15, 0.2) is 36.7 Å². The predicted molar refractivity (Wildman–Crippen MR) is 153 cm³/mol. The zero-order valence-electron chi connectivity index (χ0n) is 23.7. The topological polar surface area (TPSA) is 128 Å². The van der Waals surface area contributed by atoms with E-state index < -0.39 is 12.0 Å². The lowest BCUT2D eigenvalue weighted by molar-refractivity contribution is 0.371. The molecule has 2 fully saturated rings. The number of halogens is 1. The van der Waals surface area contributed by atoms with Gasteiger partial charge in [0.05, 0.1) is 40.1 Å². The number of anilines is 2. The summed E-state index contributed by atoms with van der Waals surface area (Å²) in [7, 11) is 0. The molecule has 1 aromatic carbocycles. The zero-order chi connectivity index (χ0) is 28.9. The summed E-state index contributed by atoms with van der Waals surface area (Å²) in [5, 5.41) is 36.6. The quantitative estimate of drug-likeness (QED) is 0.257. The number of pyridine rings is 2. The second-order valence-electron chi connectivity index (χ2n) is 12.5. The van der Waals surface area contributed by atoms with E-state index in [1.54, 1.807) is 19.1 Å². The fourth-order valence-corrected chi connectivity index (χ4v) is 5.62. The lowest BCUT2D eigenvalue weighted by Gasteiger charge is -2.23. The SMILES string of the molecule is Cc1nc(F)ccc1C(Nc1cc(C#N)c2ncc(C#N)c(NCC(C)(C)C)c2c1)c1cn(C2(C3CC3)CC2)nn1. The van der Waals surface area contributed by atoms with Crippen molar-refractivity contribution in [3.8, 4) is 12.1 Å². The number of nitriles is 2. The standard InChI is InChI=1S/C31H32FN9/c1-18-23(7-8-26(32)37-18)29(25-16-41(40-39-25)31(9-10-31)21-5-6-21)38-22-11-19(13-33)27-24(12-22)28(20(14-34)15-35-27)36-17-30(2,3)4/h7-8,11-12,15-16,21,29,38H,5-6,9-10,17H2,1-4H3,(H,35,36). The summed E-state index contributed by atoms with van der Waals surface area (Å²) in [6, 6.07) is 10.7. The summed E-state index contributed by atoms with van der Waals surface area (Å²) in [4.78, 5) is 8.52. The van der Waals surface area contributed by atoms with Gasteiger partial charge in [-0.25, -0.2) is 9.67 Å². The molecule has 3 heterocycles. The molecule has 9 nitrogen and oxygen atoms in total. The van der Waals surface area contributed by atoms with E-state index in [0.717, 1.165) is 18.4 Å². The van der Waals surface area contributed by atoms with Crippen LogP contribution >= 0.6 is 0 Å². The Bertz CT molecular complexity index is 1730. The van der Waals surface area contributed by atoms with E-state index in [2.05, 4.69) is 63.8 Å². The smallest absolute Gasteiger partial charge is 0.213 e. The number of aromatic nitrogens is 5. The van der Waals surface area contributed by atoms with E-state index in [4.69, 9.17) is 0 Å². The van der Waals surface area contributed by atoms with E-state index in [9.17, 15) is 14.9 Å². The highest BCUT2D eigenvalue weighted by atomic mass is 19.1.